The SMILES string of the molecule is CC[C@@H](C)[C@@H](NC(=O)C[NH+](C)CC(=O)Nc1ccc(OC)cc1)C(=O)OC. The number of carbonyl (C=O) groups is 3. The van der Waals surface area contributed by atoms with Gasteiger partial charge in [-0.25, -0.2) is 4.79 Å². The fourth-order valence-corrected chi connectivity index (χ4v) is 2.51. The molecule has 0 saturated heterocycles. The Kier molecular flexibility index (Phi) is 9.29. The minimum absolute atomic E-state index is 0.0416. The number of hydrogen-bond donors (Lipinski definition) is 3. The number of esters is 1. The van der Waals surface area contributed by atoms with Gasteiger partial charge in [0.25, 0.3) is 11.8 Å². The third kappa shape index (κ3) is 7.65. The average molecular weight is 380 g/mol. The Labute approximate surface area is 160 Å². The predicted octanol–water partition coefficient (Wildman–Crippen LogP) is -0.148. The van der Waals surface area contributed by atoms with Gasteiger partial charge in [0.1, 0.15) is 11.8 Å². The van der Waals surface area contributed by atoms with Crippen LogP contribution in [0.25, 0.3) is 0 Å². The van der Waals surface area contributed by atoms with Gasteiger partial charge in [-0.3, -0.25) is 9.59 Å². The third-order valence-corrected chi connectivity index (χ3v) is 4.28. The predicted molar refractivity (Wildman–Crippen MR) is 102 cm³/mol. The molecule has 2 amide bonds. The maximum absolute atomic E-state index is 12.2. The van der Waals surface area contributed by atoms with Gasteiger partial charge in [0.2, 0.25) is 0 Å². The van der Waals surface area contributed by atoms with Crippen LogP contribution in [-0.2, 0) is 19.1 Å². The molecular weight excluding hydrogens is 350 g/mol. The van der Waals surface area contributed by atoms with E-state index in [1.807, 2.05) is 13.8 Å². The fraction of sp³-hybridized carbons (Fsp3) is 0.526. The van der Waals surface area contributed by atoms with E-state index in [0.29, 0.717) is 16.3 Å². The molecule has 3 N–H and O–H groups in total. The smallest absolute Gasteiger partial charge is 0.328 e. The van der Waals surface area contributed by atoms with E-state index in [4.69, 9.17) is 9.47 Å². The maximum atomic E-state index is 12.2. The largest absolute Gasteiger partial charge is 0.497 e. The molecule has 1 aromatic rings. The highest BCUT2D eigenvalue weighted by atomic mass is 16.5. The number of hydrogen-bond acceptors (Lipinski definition) is 5. The van der Waals surface area contributed by atoms with Crippen LogP contribution in [0, 0.1) is 5.92 Å². The van der Waals surface area contributed by atoms with Crippen LogP contribution >= 0.6 is 0 Å². The zero-order valence-corrected chi connectivity index (χ0v) is 16.6. The van der Waals surface area contributed by atoms with Crippen molar-refractivity contribution in [2.45, 2.75) is 26.3 Å². The van der Waals surface area contributed by atoms with Crippen molar-refractivity contribution in [1.82, 2.24) is 5.32 Å². The summed E-state index contributed by atoms with van der Waals surface area (Å²) in [7, 11) is 4.61. The first-order valence-electron chi connectivity index (χ1n) is 8.93. The molecule has 0 bridgehead atoms. The van der Waals surface area contributed by atoms with Crippen LogP contribution < -0.4 is 20.3 Å². The normalized spacial score (nSPS) is 13.8. The summed E-state index contributed by atoms with van der Waals surface area (Å²) >= 11 is 0. The number of benzene rings is 1. The molecule has 0 aromatic heterocycles. The van der Waals surface area contributed by atoms with Crippen LogP contribution in [0.3, 0.4) is 0 Å². The lowest BCUT2D eigenvalue weighted by Crippen LogP contribution is -3.11. The summed E-state index contributed by atoms with van der Waals surface area (Å²) in [5.74, 6) is -0.320. The summed E-state index contributed by atoms with van der Waals surface area (Å²) < 4.78 is 9.82. The van der Waals surface area contributed by atoms with Crippen molar-refractivity contribution in [2.75, 3.05) is 39.7 Å². The molecule has 1 rings (SSSR count). The minimum atomic E-state index is -0.687. The number of carbonyl (C=O) groups excluding carboxylic acids is 3. The summed E-state index contributed by atoms with van der Waals surface area (Å²) in [4.78, 5) is 36.9. The Morgan fingerprint density at radius 3 is 2.19 bits per heavy atom. The van der Waals surface area contributed by atoms with E-state index in [9.17, 15) is 14.4 Å². The van der Waals surface area contributed by atoms with E-state index in [0.717, 1.165) is 6.42 Å². The molecule has 0 aliphatic heterocycles. The first-order valence-corrected chi connectivity index (χ1v) is 8.93. The minimum Gasteiger partial charge on any atom is -0.497 e. The molecule has 150 valence electrons. The molecule has 27 heavy (non-hydrogen) atoms. The van der Waals surface area contributed by atoms with Gasteiger partial charge in [0, 0.05) is 5.69 Å². The van der Waals surface area contributed by atoms with Crippen LogP contribution in [0.5, 0.6) is 5.75 Å². The Balaban J connectivity index is 2.51. The monoisotopic (exact) mass is 380 g/mol. The molecular formula is C19H30N3O5+. The lowest BCUT2D eigenvalue weighted by molar-refractivity contribution is -0.862. The second kappa shape index (κ2) is 11.2. The molecule has 1 unspecified atom stereocenters. The number of methoxy groups -OCH3 is 2. The number of rotatable bonds is 10. The van der Waals surface area contributed by atoms with E-state index in [-0.39, 0.29) is 30.8 Å². The van der Waals surface area contributed by atoms with E-state index < -0.39 is 12.0 Å². The van der Waals surface area contributed by atoms with E-state index >= 15 is 0 Å². The van der Waals surface area contributed by atoms with E-state index in [1.54, 1.807) is 38.4 Å². The second-order valence-electron chi connectivity index (χ2n) is 6.54. The van der Waals surface area contributed by atoms with Crippen molar-refractivity contribution in [3.8, 4) is 5.75 Å². The molecule has 8 nitrogen and oxygen atoms in total. The third-order valence-electron chi connectivity index (χ3n) is 4.28. The highest BCUT2D eigenvalue weighted by molar-refractivity contribution is 5.91. The lowest BCUT2D eigenvalue weighted by atomic mass is 9.99. The molecule has 0 radical (unpaired) electrons. The van der Waals surface area contributed by atoms with E-state index in [2.05, 4.69) is 10.6 Å². The summed E-state index contributed by atoms with van der Waals surface area (Å²) in [6.07, 6.45) is 0.729. The Morgan fingerprint density at radius 2 is 1.67 bits per heavy atom. The fourth-order valence-electron chi connectivity index (χ4n) is 2.51. The van der Waals surface area contributed by atoms with Crippen molar-refractivity contribution >= 4 is 23.5 Å². The first-order chi connectivity index (χ1) is 12.8. The zero-order valence-electron chi connectivity index (χ0n) is 16.6. The topological polar surface area (TPSA) is 98.2 Å². The highest BCUT2D eigenvalue weighted by Crippen LogP contribution is 2.14. The molecule has 0 fully saturated rings. The van der Waals surface area contributed by atoms with Gasteiger partial charge in [-0.15, -0.1) is 0 Å². The van der Waals surface area contributed by atoms with Gasteiger partial charge in [-0.1, -0.05) is 20.3 Å². The van der Waals surface area contributed by atoms with E-state index in [1.165, 1.54) is 7.11 Å². The van der Waals surface area contributed by atoms with Crippen molar-refractivity contribution < 1.29 is 28.8 Å². The van der Waals surface area contributed by atoms with Crippen LogP contribution in [0.1, 0.15) is 20.3 Å². The summed E-state index contributed by atoms with van der Waals surface area (Å²) in [5, 5.41) is 5.48. The first kappa shape index (κ1) is 22.4. The molecule has 8 heteroatoms. The van der Waals surface area contributed by atoms with Gasteiger partial charge in [0.15, 0.2) is 13.1 Å². The van der Waals surface area contributed by atoms with Crippen molar-refractivity contribution in [2.24, 2.45) is 5.92 Å². The van der Waals surface area contributed by atoms with Crippen LogP contribution in [-0.4, -0.2) is 58.2 Å². The molecule has 1 aromatic carbocycles. The van der Waals surface area contributed by atoms with Crippen LogP contribution in [0.4, 0.5) is 5.69 Å². The Hall–Kier alpha value is -2.61. The summed E-state index contributed by atoms with van der Waals surface area (Å²) in [5.41, 5.74) is 0.653. The van der Waals surface area contributed by atoms with Crippen molar-refractivity contribution in [3.05, 3.63) is 24.3 Å². The zero-order chi connectivity index (χ0) is 20.4. The number of quaternary nitrogens is 1. The van der Waals surface area contributed by atoms with Gasteiger partial charge in [-0.05, 0) is 30.2 Å². The average Bonchev–Trinajstić information content (AvgIpc) is 2.65. The molecule has 0 aliphatic rings. The number of ether oxygens (including phenoxy) is 2. The lowest BCUT2D eigenvalue weighted by Gasteiger charge is -2.22. The van der Waals surface area contributed by atoms with Crippen LogP contribution in [0.15, 0.2) is 24.3 Å². The number of anilines is 1. The standard InChI is InChI=1S/C19H29N3O5/c1-6-13(2)18(19(25)27-5)21-17(24)12-22(3)11-16(23)20-14-7-9-15(26-4)10-8-14/h7-10,13,18H,6,11-12H2,1-5H3,(H,20,23)(H,21,24)/p+1/t13-,18-/m1/s1. The Bertz CT molecular complexity index is 633. The number of amides is 2. The number of nitrogens with one attached hydrogen (secondary N) is 3. The van der Waals surface area contributed by atoms with Gasteiger partial charge < -0.3 is 25.0 Å². The van der Waals surface area contributed by atoms with Crippen LogP contribution in [0.2, 0.25) is 0 Å². The summed E-state index contributed by atoms with van der Waals surface area (Å²) in [6, 6.07) is 6.30. The number of likely N-dealkylation sites (N-methyl/N-ethyl adjacent to an activating group) is 1. The summed E-state index contributed by atoms with van der Waals surface area (Å²) in [6.45, 7) is 4.00. The molecule has 0 spiro atoms. The Morgan fingerprint density at radius 1 is 1.07 bits per heavy atom. The molecule has 0 aliphatic carbocycles. The van der Waals surface area contributed by atoms with Crippen molar-refractivity contribution in [3.63, 3.8) is 0 Å². The highest BCUT2D eigenvalue weighted by Gasteiger charge is 2.27. The molecule has 0 saturated carbocycles. The quantitative estimate of drug-likeness (QED) is 0.491. The van der Waals surface area contributed by atoms with Crippen molar-refractivity contribution in [1.29, 1.82) is 0 Å². The maximum Gasteiger partial charge on any atom is 0.328 e. The van der Waals surface area contributed by atoms with Gasteiger partial charge in [-0.2, -0.15) is 0 Å². The second-order valence-corrected chi connectivity index (χ2v) is 6.54. The molecule has 0 heterocycles. The molecule has 3 atom stereocenters. The van der Waals surface area contributed by atoms with Gasteiger partial charge in [0.05, 0.1) is 21.3 Å². The van der Waals surface area contributed by atoms with Gasteiger partial charge >= 0.3 is 5.97 Å².